The molecule has 0 saturated heterocycles. The van der Waals surface area contributed by atoms with Crippen molar-refractivity contribution in [3.05, 3.63) is 42.9 Å². The molecule has 0 aliphatic rings. The SMILES string of the molecule is Fc1ccc(-c2nc(Cl)c(I)c(Cl)n2)c(Cl)c1. The summed E-state index contributed by atoms with van der Waals surface area (Å²) in [6, 6.07) is 3.93. The van der Waals surface area contributed by atoms with Crippen LogP contribution in [0.2, 0.25) is 15.3 Å². The molecule has 2 aromatic rings. The van der Waals surface area contributed by atoms with Gasteiger partial charge in [-0.05, 0) is 40.8 Å². The highest BCUT2D eigenvalue weighted by molar-refractivity contribution is 14.1. The van der Waals surface area contributed by atoms with Crippen molar-refractivity contribution in [3.63, 3.8) is 0 Å². The van der Waals surface area contributed by atoms with Crippen molar-refractivity contribution in [3.8, 4) is 11.4 Å². The van der Waals surface area contributed by atoms with Crippen LogP contribution in [0.5, 0.6) is 0 Å². The minimum atomic E-state index is -0.429. The van der Waals surface area contributed by atoms with Crippen LogP contribution in [0.3, 0.4) is 0 Å². The van der Waals surface area contributed by atoms with E-state index in [1.165, 1.54) is 18.2 Å². The zero-order valence-corrected chi connectivity index (χ0v) is 12.4. The number of rotatable bonds is 1. The minimum Gasteiger partial charge on any atom is -0.215 e. The maximum absolute atomic E-state index is 12.9. The summed E-state index contributed by atoms with van der Waals surface area (Å²) in [6.07, 6.45) is 0. The molecule has 0 aliphatic carbocycles. The molecule has 17 heavy (non-hydrogen) atoms. The fourth-order valence-electron chi connectivity index (χ4n) is 1.19. The first-order valence-electron chi connectivity index (χ1n) is 4.33. The molecule has 7 heteroatoms. The molecule has 88 valence electrons. The summed E-state index contributed by atoms with van der Waals surface area (Å²) < 4.78 is 13.5. The minimum absolute atomic E-state index is 0.207. The highest BCUT2D eigenvalue weighted by Gasteiger charge is 2.13. The Morgan fingerprint density at radius 3 is 2.18 bits per heavy atom. The van der Waals surface area contributed by atoms with Gasteiger partial charge in [0.2, 0.25) is 0 Å². The molecular weight excluding hydrogens is 400 g/mol. The molecule has 1 aromatic carbocycles. The van der Waals surface area contributed by atoms with Crippen molar-refractivity contribution in [2.75, 3.05) is 0 Å². The summed E-state index contributed by atoms with van der Waals surface area (Å²) in [5.74, 6) is -0.160. The van der Waals surface area contributed by atoms with Gasteiger partial charge in [-0.1, -0.05) is 34.8 Å². The van der Waals surface area contributed by atoms with Crippen molar-refractivity contribution in [1.29, 1.82) is 0 Å². The summed E-state index contributed by atoms with van der Waals surface area (Å²) in [4.78, 5) is 8.10. The molecule has 0 atom stereocenters. The number of hydrogen-bond acceptors (Lipinski definition) is 2. The maximum atomic E-state index is 12.9. The van der Waals surface area contributed by atoms with E-state index < -0.39 is 5.82 Å². The Kier molecular flexibility index (Phi) is 4.07. The average Bonchev–Trinajstić information content (AvgIpc) is 2.25. The third-order valence-corrected chi connectivity index (χ3v) is 4.46. The molecule has 0 saturated carbocycles. The van der Waals surface area contributed by atoms with Gasteiger partial charge in [0.15, 0.2) is 5.82 Å². The quantitative estimate of drug-likeness (QED) is 0.503. The Bertz CT molecular complexity index is 569. The van der Waals surface area contributed by atoms with Crippen molar-refractivity contribution in [2.24, 2.45) is 0 Å². The third kappa shape index (κ3) is 2.81. The number of halogens is 5. The Balaban J connectivity index is 2.61. The summed E-state index contributed by atoms with van der Waals surface area (Å²) in [6.45, 7) is 0. The fraction of sp³-hybridized carbons (Fsp3) is 0. The van der Waals surface area contributed by atoms with Gasteiger partial charge >= 0.3 is 0 Å². The Hall–Kier alpha value is -0.170. The predicted octanol–water partition coefficient (Wildman–Crippen LogP) is 4.85. The Morgan fingerprint density at radius 1 is 1.06 bits per heavy atom. The molecule has 2 rings (SSSR count). The van der Waals surface area contributed by atoms with Gasteiger partial charge < -0.3 is 0 Å². The van der Waals surface area contributed by atoms with Crippen molar-refractivity contribution >= 4 is 57.4 Å². The number of benzene rings is 1. The standard InChI is InChI=1S/C10H3Cl3FIN2/c11-6-3-4(14)1-2-5(6)10-16-8(12)7(15)9(13)17-10/h1-3H. The third-order valence-electron chi connectivity index (χ3n) is 1.94. The van der Waals surface area contributed by atoms with Crippen LogP contribution < -0.4 is 0 Å². The second-order valence-electron chi connectivity index (χ2n) is 3.07. The first kappa shape index (κ1) is 13.3. The van der Waals surface area contributed by atoms with Gasteiger partial charge in [0.25, 0.3) is 0 Å². The maximum Gasteiger partial charge on any atom is 0.164 e. The Morgan fingerprint density at radius 2 is 1.65 bits per heavy atom. The van der Waals surface area contributed by atoms with Crippen molar-refractivity contribution in [2.45, 2.75) is 0 Å². The van der Waals surface area contributed by atoms with Crippen LogP contribution in [0.4, 0.5) is 4.39 Å². The largest absolute Gasteiger partial charge is 0.215 e. The first-order valence-corrected chi connectivity index (χ1v) is 6.54. The van der Waals surface area contributed by atoms with Crippen LogP contribution in [-0.2, 0) is 0 Å². The van der Waals surface area contributed by atoms with Crippen LogP contribution in [0.15, 0.2) is 18.2 Å². The van der Waals surface area contributed by atoms with E-state index in [9.17, 15) is 4.39 Å². The van der Waals surface area contributed by atoms with E-state index in [4.69, 9.17) is 34.8 Å². The lowest BCUT2D eigenvalue weighted by Crippen LogP contribution is -1.94. The van der Waals surface area contributed by atoms with Gasteiger partial charge in [-0.15, -0.1) is 0 Å². The van der Waals surface area contributed by atoms with Crippen molar-refractivity contribution in [1.82, 2.24) is 9.97 Å². The van der Waals surface area contributed by atoms with Gasteiger partial charge in [0, 0.05) is 5.56 Å². The van der Waals surface area contributed by atoms with Crippen LogP contribution in [0, 0.1) is 9.39 Å². The number of aromatic nitrogens is 2. The van der Waals surface area contributed by atoms with E-state index in [2.05, 4.69) is 9.97 Å². The number of nitrogens with zero attached hydrogens (tertiary/aromatic N) is 2. The smallest absolute Gasteiger partial charge is 0.164 e. The second-order valence-corrected chi connectivity index (χ2v) is 5.27. The van der Waals surface area contributed by atoms with Crippen LogP contribution in [0.1, 0.15) is 0 Å². The zero-order valence-electron chi connectivity index (χ0n) is 8.02. The summed E-state index contributed by atoms with van der Waals surface area (Å²) in [5.41, 5.74) is 0.480. The summed E-state index contributed by atoms with van der Waals surface area (Å²) >= 11 is 19.6. The van der Waals surface area contributed by atoms with Gasteiger partial charge in [-0.3, -0.25) is 0 Å². The van der Waals surface area contributed by atoms with Crippen LogP contribution in [0.25, 0.3) is 11.4 Å². The molecule has 0 unspecified atom stereocenters. The van der Waals surface area contributed by atoms with Gasteiger partial charge in [0.1, 0.15) is 16.1 Å². The van der Waals surface area contributed by atoms with Gasteiger partial charge in [-0.2, -0.15) is 0 Å². The van der Waals surface area contributed by atoms with Crippen LogP contribution >= 0.6 is 57.4 Å². The molecule has 0 radical (unpaired) electrons. The molecule has 1 aromatic heterocycles. The molecule has 0 aliphatic heterocycles. The van der Waals surface area contributed by atoms with E-state index in [1.807, 2.05) is 22.6 Å². The lowest BCUT2D eigenvalue weighted by atomic mass is 10.2. The molecule has 2 nitrogen and oxygen atoms in total. The average molecular weight is 403 g/mol. The van der Waals surface area contributed by atoms with Crippen molar-refractivity contribution < 1.29 is 4.39 Å². The fourth-order valence-corrected chi connectivity index (χ4v) is 2.07. The first-order chi connectivity index (χ1) is 7.99. The van der Waals surface area contributed by atoms with E-state index in [0.29, 0.717) is 9.13 Å². The van der Waals surface area contributed by atoms with E-state index in [-0.39, 0.29) is 21.2 Å². The summed E-state index contributed by atoms with van der Waals surface area (Å²) in [7, 11) is 0. The molecule has 0 N–H and O–H groups in total. The van der Waals surface area contributed by atoms with E-state index in [0.717, 1.165) is 0 Å². The highest BCUT2D eigenvalue weighted by Crippen LogP contribution is 2.30. The van der Waals surface area contributed by atoms with Gasteiger partial charge in [-0.25, -0.2) is 14.4 Å². The predicted molar refractivity (Wildman–Crippen MR) is 75.2 cm³/mol. The topological polar surface area (TPSA) is 25.8 Å². The highest BCUT2D eigenvalue weighted by atomic mass is 127. The second kappa shape index (κ2) is 5.22. The monoisotopic (exact) mass is 402 g/mol. The molecule has 1 heterocycles. The van der Waals surface area contributed by atoms with E-state index in [1.54, 1.807) is 0 Å². The molecule has 0 bridgehead atoms. The lowest BCUT2D eigenvalue weighted by Gasteiger charge is -2.05. The Labute approximate surface area is 125 Å². The molecular formula is C10H3Cl3FIN2. The molecule has 0 spiro atoms. The summed E-state index contributed by atoms with van der Waals surface area (Å²) in [5, 5.41) is 0.681. The zero-order chi connectivity index (χ0) is 12.6. The molecule has 0 fully saturated rings. The molecule has 0 amide bonds. The normalized spacial score (nSPS) is 10.6. The number of hydrogen-bond donors (Lipinski definition) is 0. The van der Waals surface area contributed by atoms with E-state index >= 15 is 0 Å². The lowest BCUT2D eigenvalue weighted by molar-refractivity contribution is 0.628. The van der Waals surface area contributed by atoms with Gasteiger partial charge in [0.05, 0.1) is 8.59 Å². The van der Waals surface area contributed by atoms with Crippen LogP contribution in [-0.4, -0.2) is 9.97 Å².